The molecule has 0 amide bonds. The second kappa shape index (κ2) is 5.95. The summed E-state index contributed by atoms with van der Waals surface area (Å²) in [6.45, 7) is 4.05. The van der Waals surface area contributed by atoms with Crippen molar-refractivity contribution >= 4 is 21.8 Å². The minimum absolute atomic E-state index is 0.369. The topological polar surface area (TPSA) is 54.3 Å². The molecule has 2 aliphatic rings. The molecule has 1 saturated carbocycles. The van der Waals surface area contributed by atoms with Crippen LogP contribution in [-0.2, 0) is 23.6 Å². The molecule has 0 spiro atoms. The molecule has 5 nitrogen and oxygen atoms in total. The average Bonchev–Trinajstić information content (AvgIpc) is 3.19. The first kappa shape index (κ1) is 15.4. The lowest BCUT2D eigenvalue weighted by Crippen LogP contribution is -2.40. The van der Waals surface area contributed by atoms with Crippen molar-refractivity contribution in [3.63, 3.8) is 0 Å². The molecule has 1 atom stereocenters. The summed E-state index contributed by atoms with van der Waals surface area (Å²) < 4.78 is 29.0. The van der Waals surface area contributed by atoms with Crippen LogP contribution in [0.5, 0.6) is 0 Å². The number of nitrogens with one attached hydrogen (secondary N) is 1. The fourth-order valence-electron chi connectivity index (χ4n) is 2.58. The molecular formula is C14H23N3O2S2. The zero-order chi connectivity index (χ0) is 15.0. The lowest BCUT2D eigenvalue weighted by atomic mass is 10.4. The summed E-state index contributed by atoms with van der Waals surface area (Å²) >= 11 is 1.84. The standard InChI is InChI=1S/C14H23N3O2S2/c1-11-9-17(5-6-20-11)21(18,19)14-7-13(16(2)10-14)8-15-12-3-4-12/h7,10-12,15H,3-6,8-9H2,1-2H3. The van der Waals surface area contributed by atoms with Crippen molar-refractivity contribution in [2.75, 3.05) is 18.8 Å². The smallest absolute Gasteiger partial charge is 0.244 e. The number of hydrogen-bond donors (Lipinski definition) is 1. The number of hydrogen-bond acceptors (Lipinski definition) is 4. The lowest BCUT2D eigenvalue weighted by molar-refractivity contribution is 0.424. The molecule has 0 aromatic carbocycles. The zero-order valence-electron chi connectivity index (χ0n) is 12.6. The van der Waals surface area contributed by atoms with Crippen LogP contribution in [0.4, 0.5) is 0 Å². The van der Waals surface area contributed by atoms with Crippen molar-refractivity contribution in [3.8, 4) is 0 Å². The van der Waals surface area contributed by atoms with Gasteiger partial charge in [0.25, 0.3) is 0 Å². The van der Waals surface area contributed by atoms with E-state index in [4.69, 9.17) is 0 Å². The molecule has 0 radical (unpaired) electrons. The van der Waals surface area contributed by atoms with Crippen LogP contribution in [0.1, 0.15) is 25.5 Å². The van der Waals surface area contributed by atoms with Gasteiger partial charge in [-0.1, -0.05) is 6.92 Å². The molecule has 21 heavy (non-hydrogen) atoms. The van der Waals surface area contributed by atoms with Crippen LogP contribution >= 0.6 is 11.8 Å². The maximum Gasteiger partial charge on any atom is 0.244 e. The summed E-state index contributed by atoms with van der Waals surface area (Å²) in [7, 11) is -1.43. The summed E-state index contributed by atoms with van der Waals surface area (Å²) in [6, 6.07) is 2.44. The van der Waals surface area contributed by atoms with Crippen molar-refractivity contribution in [3.05, 3.63) is 18.0 Å². The van der Waals surface area contributed by atoms with Crippen LogP contribution < -0.4 is 5.32 Å². The van der Waals surface area contributed by atoms with Crippen molar-refractivity contribution in [1.82, 2.24) is 14.2 Å². The Morgan fingerprint density at radius 1 is 1.43 bits per heavy atom. The van der Waals surface area contributed by atoms with Crippen molar-refractivity contribution in [2.45, 2.75) is 42.5 Å². The van der Waals surface area contributed by atoms with Crippen LogP contribution in [0, 0.1) is 0 Å². The summed E-state index contributed by atoms with van der Waals surface area (Å²) in [4.78, 5) is 0.427. The van der Waals surface area contributed by atoms with Gasteiger partial charge in [-0.15, -0.1) is 0 Å². The summed E-state index contributed by atoms with van der Waals surface area (Å²) in [5, 5.41) is 3.80. The Morgan fingerprint density at radius 3 is 2.86 bits per heavy atom. The van der Waals surface area contributed by atoms with E-state index in [1.54, 1.807) is 10.5 Å². The Bertz CT molecular complexity index is 608. The molecule has 1 N–H and O–H groups in total. The summed E-state index contributed by atoms with van der Waals surface area (Å²) in [5.74, 6) is 0.878. The predicted molar refractivity (Wildman–Crippen MR) is 86.0 cm³/mol. The number of aromatic nitrogens is 1. The van der Waals surface area contributed by atoms with Gasteiger partial charge in [-0.2, -0.15) is 16.1 Å². The lowest BCUT2D eigenvalue weighted by Gasteiger charge is -2.29. The first-order chi connectivity index (χ1) is 9.96. The first-order valence-electron chi connectivity index (χ1n) is 7.47. The third kappa shape index (κ3) is 3.47. The van der Waals surface area contributed by atoms with Gasteiger partial charge in [-0.3, -0.25) is 0 Å². The summed E-state index contributed by atoms with van der Waals surface area (Å²) in [6.07, 6.45) is 4.21. The maximum absolute atomic E-state index is 12.7. The van der Waals surface area contributed by atoms with Crippen LogP contribution in [0.3, 0.4) is 0 Å². The number of aryl methyl sites for hydroxylation is 1. The Morgan fingerprint density at radius 2 is 2.19 bits per heavy atom. The van der Waals surface area contributed by atoms with E-state index < -0.39 is 10.0 Å². The Labute approximate surface area is 131 Å². The fraction of sp³-hybridized carbons (Fsp3) is 0.714. The largest absolute Gasteiger partial charge is 0.352 e. The SMILES string of the molecule is CC1CN(S(=O)(=O)c2cc(CNC3CC3)n(C)c2)CCS1. The molecule has 1 aromatic rings. The maximum atomic E-state index is 12.7. The van der Waals surface area contributed by atoms with Gasteiger partial charge in [0.05, 0.1) is 0 Å². The second-order valence-corrected chi connectivity index (χ2v) is 9.46. The van der Waals surface area contributed by atoms with E-state index in [0.29, 0.717) is 29.3 Å². The Hall–Kier alpha value is -0.500. The molecule has 7 heteroatoms. The van der Waals surface area contributed by atoms with Gasteiger partial charge in [-0.05, 0) is 18.9 Å². The van der Waals surface area contributed by atoms with Crippen LogP contribution in [0.25, 0.3) is 0 Å². The quantitative estimate of drug-likeness (QED) is 0.887. The average molecular weight is 329 g/mol. The minimum Gasteiger partial charge on any atom is -0.352 e. The number of thioether (sulfide) groups is 1. The molecule has 1 aromatic heterocycles. The van der Waals surface area contributed by atoms with E-state index in [1.807, 2.05) is 29.4 Å². The number of nitrogens with zero attached hydrogens (tertiary/aromatic N) is 2. The molecule has 118 valence electrons. The Kier molecular flexibility index (Phi) is 4.36. The molecule has 3 rings (SSSR count). The van der Waals surface area contributed by atoms with Crippen LogP contribution in [-0.4, -0.2) is 47.4 Å². The first-order valence-corrected chi connectivity index (χ1v) is 9.96. The molecular weight excluding hydrogens is 306 g/mol. The number of sulfonamides is 1. The van der Waals surface area contributed by atoms with E-state index >= 15 is 0 Å². The van der Waals surface area contributed by atoms with Gasteiger partial charge in [0.1, 0.15) is 4.90 Å². The van der Waals surface area contributed by atoms with Gasteiger partial charge in [0, 0.05) is 55.6 Å². The molecule has 2 fully saturated rings. The van der Waals surface area contributed by atoms with Crippen molar-refractivity contribution < 1.29 is 8.42 Å². The molecule has 1 unspecified atom stereocenters. The van der Waals surface area contributed by atoms with E-state index in [1.165, 1.54) is 12.8 Å². The number of rotatable bonds is 5. The summed E-state index contributed by atoms with van der Waals surface area (Å²) in [5.41, 5.74) is 1.03. The molecule has 0 bridgehead atoms. The normalized spacial score (nSPS) is 24.4. The van der Waals surface area contributed by atoms with Gasteiger partial charge < -0.3 is 9.88 Å². The van der Waals surface area contributed by atoms with Crippen LogP contribution in [0.15, 0.2) is 17.2 Å². The van der Waals surface area contributed by atoms with E-state index in [-0.39, 0.29) is 0 Å². The van der Waals surface area contributed by atoms with Gasteiger partial charge >= 0.3 is 0 Å². The highest BCUT2D eigenvalue weighted by molar-refractivity contribution is 8.00. The second-order valence-electron chi connectivity index (χ2n) is 5.98. The predicted octanol–water partition coefficient (Wildman–Crippen LogP) is 1.40. The van der Waals surface area contributed by atoms with Crippen molar-refractivity contribution in [1.29, 1.82) is 0 Å². The van der Waals surface area contributed by atoms with E-state index in [0.717, 1.165) is 18.0 Å². The van der Waals surface area contributed by atoms with Gasteiger partial charge in [0.2, 0.25) is 10.0 Å². The highest BCUT2D eigenvalue weighted by atomic mass is 32.2. The zero-order valence-corrected chi connectivity index (χ0v) is 14.2. The third-order valence-electron chi connectivity index (χ3n) is 4.07. The molecule has 1 aliphatic carbocycles. The van der Waals surface area contributed by atoms with Crippen molar-refractivity contribution in [2.24, 2.45) is 7.05 Å². The van der Waals surface area contributed by atoms with E-state index in [9.17, 15) is 8.42 Å². The highest BCUT2D eigenvalue weighted by Gasteiger charge is 2.30. The van der Waals surface area contributed by atoms with E-state index in [2.05, 4.69) is 12.2 Å². The van der Waals surface area contributed by atoms with Gasteiger partial charge in [-0.25, -0.2) is 8.42 Å². The molecule has 2 heterocycles. The van der Waals surface area contributed by atoms with Crippen LogP contribution in [0.2, 0.25) is 0 Å². The third-order valence-corrected chi connectivity index (χ3v) is 7.04. The molecule has 1 aliphatic heterocycles. The minimum atomic E-state index is -3.35. The van der Waals surface area contributed by atoms with Gasteiger partial charge in [0.15, 0.2) is 0 Å². The monoisotopic (exact) mass is 329 g/mol. The highest BCUT2D eigenvalue weighted by Crippen LogP contribution is 2.25. The Balaban J connectivity index is 1.76. The molecule has 1 saturated heterocycles. The fourth-order valence-corrected chi connectivity index (χ4v) is 5.43.